The Balaban J connectivity index is 1.79. The van der Waals surface area contributed by atoms with E-state index in [4.69, 9.17) is 4.74 Å². The maximum Gasteiger partial charge on any atom is 0.227 e. The van der Waals surface area contributed by atoms with E-state index < -0.39 is 0 Å². The first kappa shape index (κ1) is 14.6. The zero-order chi connectivity index (χ0) is 14.4. The van der Waals surface area contributed by atoms with Crippen LogP contribution in [0.1, 0.15) is 12.0 Å². The van der Waals surface area contributed by atoms with Crippen LogP contribution in [-0.2, 0) is 4.79 Å². The smallest absolute Gasteiger partial charge is 0.227 e. The number of carbonyl (C=O) groups excluding carboxylic acids is 1. The molecule has 0 unspecified atom stereocenters. The Hall–Kier alpha value is -1.81. The molecule has 104 valence electrons. The summed E-state index contributed by atoms with van der Waals surface area (Å²) in [5.41, 5.74) is 1.92. The third-order valence-corrected chi connectivity index (χ3v) is 3.65. The zero-order valence-electron chi connectivity index (χ0n) is 11.2. The molecule has 0 atom stereocenters. The topological polar surface area (TPSA) is 38.3 Å². The number of nitrogens with one attached hydrogen (secondary N) is 1. The predicted molar refractivity (Wildman–Crippen MR) is 84.1 cm³/mol. The largest absolute Gasteiger partial charge is 0.493 e. The van der Waals surface area contributed by atoms with Crippen LogP contribution in [0.2, 0.25) is 0 Å². The van der Waals surface area contributed by atoms with Gasteiger partial charge in [-0.3, -0.25) is 4.79 Å². The lowest BCUT2D eigenvalue weighted by atomic mass is 10.2. The molecule has 0 fully saturated rings. The molecule has 0 spiro atoms. The van der Waals surface area contributed by atoms with E-state index >= 15 is 0 Å². The lowest BCUT2D eigenvalue weighted by Gasteiger charge is -2.08. The van der Waals surface area contributed by atoms with Gasteiger partial charge in [-0.15, -0.1) is 0 Å². The van der Waals surface area contributed by atoms with Gasteiger partial charge in [0.2, 0.25) is 5.91 Å². The monoisotopic (exact) mass is 333 g/mol. The molecule has 1 N–H and O–H groups in total. The standard InChI is InChI=1S/C16H16BrNO2/c1-12-7-8-13(11-15(12)17)18-16(19)9-10-20-14-5-3-2-4-6-14/h2-8,11H,9-10H2,1H3,(H,18,19). The summed E-state index contributed by atoms with van der Waals surface area (Å²) < 4.78 is 6.47. The number of carbonyl (C=O) groups is 1. The van der Waals surface area contributed by atoms with E-state index in [2.05, 4.69) is 21.2 Å². The van der Waals surface area contributed by atoms with Crippen LogP contribution in [0, 0.1) is 6.92 Å². The number of benzene rings is 2. The molecule has 0 saturated heterocycles. The average Bonchev–Trinajstić information content (AvgIpc) is 2.44. The molecule has 0 aliphatic rings. The fourth-order valence-corrected chi connectivity index (χ4v) is 2.05. The number of aryl methyl sites for hydroxylation is 1. The number of ether oxygens (including phenoxy) is 1. The Kier molecular flexibility index (Phi) is 5.18. The van der Waals surface area contributed by atoms with Crippen molar-refractivity contribution >= 4 is 27.5 Å². The lowest BCUT2D eigenvalue weighted by molar-refractivity contribution is -0.116. The van der Waals surface area contributed by atoms with Gasteiger partial charge in [0.05, 0.1) is 13.0 Å². The quantitative estimate of drug-likeness (QED) is 0.891. The van der Waals surface area contributed by atoms with Crippen molar-refractivity contribution in [1.82, 2.24) is 0 Å². The summed E-state index contributed by atoms with van der Waals surface area (Å²) in [6, 6.07) is 15.2. The molecule has 20 heavy (non-hydrogen) atoms. The Morgan fingerprint density at radius 2 is 1.95 bits per heavy atom. The van der Waals surface area contributed by atoms with Crippen LogP contribution >= 0.6 is 15.9 Å². The van der Waals surface area contributed by atoms with Gasteiger partial charge in [-0.1, -0.05) is 40.2 Å². The molecule has 0 bridgehead atoms. The number of hydrogen-bond acceptors (Lipinski definition) is 2. The minimum Gasteiger partial charge on any atom is -0.493 e. The minimum absolute atomic E-state index is 0.0586. The average molecular weight is 334 g/mol. The molecule has 2 aromatic carbocycles. The highest BCUT2D eigenvalue weighted by atomic mass is 79.9. The predicted octanol–water partition coefficient (Wildman–Crippen LogP) is 4.17. The molecular formula is C16H16BrNO2. The van der Waals surface area contributed by atoms with Crippen molar-refractivity contribution in [3.8, 4) is 5.75 Å². The fraction of sp³-hybridized carbons (Fsp3) is 0.188. The molecule has 2 rings (SSSR count). The second-order valence-corrected chi connectivity index (χ2v) is 5.28. The van der Waals surface area contributed by atoms with Crippen molar-refractivity contribution in [2.75, 3.05) is 11.9 Å². The van der Waals surface area contributed by atoms with Gasteiger partial charge in [-0.05, 0) is 36.8 Å². The first-order valence-corrected chi connectivity index (χ1v) is 7.18. The zero-order valence-corrected chi connectivity index (χ0v) is 12.8. The van der Waals surface area contributed by atoms with E-state index in [0.29, 0.717) is 13.0 Å². The van der Waals surface area contributed by atoms with Crippen molar-refractivity contribution in [3.05, 3.63) is 58.6 Å². The first-order valence-electron chi connectivity index (χ1n) is 6.39. The molecule has 0 heterocycles. The van der Waals surface area contributed by atoms with Crippen molar-refractivity contribution < 1.29 is 9.53 Å². The summed E-state index contributed by atoms with van der Waals surface area (Å²) in [5, 5.41) is 2.85. The van der Waals surface area contributed by atoms with Crippen LogP contribution in [0.15, 0.2) is 53.0 Å². The molecule has 0 saturated carbocycles. The van der Waals surface area contributed by atoms with Crippen molar-refractivity contribution in [2.24, 2.45) is 0 Å². The molecule has 1 amide bonds. The summed E-state index contributed by atoms with van der Waals surface area (Å²) in [5.74, 6) is 0.718. The highest BCUT2D eigenvalue weighted by molar-refractivity contribution is 9.10. The number of para-hydroxylation sites is 1. The van der Waals surface area contributed by atoms with Gasteiger partial charge in [-0.25, -0.2) is 0 Å². The van der Waals surface area contributed by atoms with Gasteiger partial charge in [-0.2, -0.15) is 0 Å². The Labute approximate surface area is 127 Å². The first-order chi connectivity index (χ1) is 9.65. The van der Waals surface area contributed by atoms with Gasteiger partial charge >= 0.3 is 0 Å². The molecule has 0 aromatic heterocycles. The summed E-state index contributed by atoms with van der Waals surface area (Å²) >= 11 is 3.44. The van der Waals surface area contributed by atoms with Crippen LogP contribution in [0.3, 0.4) is 0 Å². The van der Waals surface area contributed by atoms with Gasteiger partial charge in [0.25, 0.3) is 0 Å². The second kappa shape index (κ2) is 7.10. The van der Waals surface area contributed by atoms with E-state index in [0.717, 1.165) is 21.5 Å². The summed E-state index contributed by atoms with van der Waals surface area (Å²) in [7, 11) is 0. The van der Waals surface area contributed by atoms with Crippen molar-refractivity contribution in [3.63, 3.8) is 0 Å². The van der Waals surface area contributed by atoms with Crippen LogP contribution in [0.25, 0.3) is 0 Å². The molecular weight excluding hydrogens is 318 g/mol. The second-order valence-electron chi connectivity index (χ2n) is 4.42. The van der Waals surface area contributed by atoms with E-state index in [9.17, 15) is 4.79 Å². The highest BCUT2D eigenvalue weighted by Crippen LogP contribution is 2.20. The molecule has 0 aliphatic heterocycles. The number of amides is 1. The number of anilines is 1. The highest BCUT2D eigenvalue weighted by Gasteiger charge is 2.04. The van der Waals surface area contributed by atoms with Crippen LogP contribution in [0.5, 0.6) is 5.75 Å². The van der Waals surface area contributed by atoms with Crippen LogP contribution in [0.4, 0.5) is 5.69 Å². The third-order valence-electron chi connectivity index (χ3n) is 2.80. The minimum atomic E-state index is -0.0586. The van der Waals surface area contributed by atoms with E-state index in [1.165, 1.54) is 0 Å². The van der Waals surface area contributed by atoms with Gasteiger partial charge in [0.1, 0.15) is 5.75 Å². The summed E-state index contributed by atoms with van der Waals surface area (Å²) in [6.45, 7) is 2.37. The molecule has 4 heteroatoms. The van der Waals surface area contributed by atoms with E-state index in [1.807, 2.05) is 55.5 Å². The third kappa shape index (κ3) is 4.38. The lowest BCUT2D eigenvalue weighted by Crippen LogP contribution is -2.15. The van der Waals surface area contributed by atoms with Crippen LogP contribution < -0.4 is 10.1 Å². The van der Waals surface area contributed by atoms with E-state index in [-0.39, 0.29) is 5.91 Å². The SMILES string of the molecule is Cc1ccc(NC(=O)CCOc2ccccc2)cc1Br. The molecule has 2 aromatic rings. The summed E-state index contributed by atoms with van der Waals surface area (Å²) in [6.07, 6.45) is 0.320. The van der Waals surface area contributed by atoms with Gasteiger partial charge < -0.3 is 10.1 Å². The number of rotatable bonds is 5. The number of halogens is 1. The maximum atomic E-state index is 11.8. The molecule has 3 nitrogen and oxygen atoms in total. The van der Waals surface area contributed by atoms with Crippen molar-refractivity contribution in [1.29, 1.82) is 0 Å². The van der Waals surface area contributed by atoms with Crippen LogP contribution in [-0.4, -0.2) is 12.5 Å². The normalized spacial score (nSPS) is 10.1. The number of hydrogen-bond donors (Lipinski definition) is 1. The maximum absolute atomic E-state index is 11.8. The molecule has 0 radical (unpaired) electrons. The Morgan fingerprint density at radius 1 is 1.20 bits per heavy atom. The summed E-state index contributed by atoms with van der Waals surface area (Å²) in [4.78, 5) is 11.8. The molecule has 0 aliphatic carbocycles. The van der Waals surface area contributed by atoms with Crippen molar-refractivity contribution in [2.45, 2.75) is 13.3 Å². The fourth-order valence-electron chi connectivity index (χ4n) is 1.67. The Bertz CT molecular complexity index is 584. The Morgan fingerprint density at radius 3 is 2.65 bits per heavy atom. The van der Waals surface area contributed by atoms with E-state index in [1.54, 1.807) is 0 Å². The van der Waals surface area contributed by atoms with Gasteiger partial charge in [0.15, 0.2) is 0 Å². The van der Waals surface area contributed by atoms with Gasteiger partial charge in [0, 0.05) is 10.2 Å².